The molecule has 14 heteroatoms. The summed E-state index contributed by atoms with van der Waals surface area (Å²) in [5.41, 5.74) is -3.81. The fourth-order valence-corrected chi connectivity index (χ4v) is 3.98. The van der Waals surface area contributed by atoms with Gasteiger partial charge in [0.25, 0.3) is 12.0 Å². The summed E-state index contributed by atoms with van der Waals surface area (Å²) in [6, 6.07) is 7.27. The van der Waals surface area contributed by atoms with Crippen LogP contribution in [0.5, 0.6) is 0 Å². The minimum Gasteiger partial charge on any atom is -0.352 e. The molecule has 9 nitrogen and oxygen atoms in total. The molecule has 4 rings (SSSR count). The number of aromatic nitrogens is 3. The van der Waals surface area contributed by atoms with Gasteiger partial charge in [-0.1, -0.05) is 6.07 Å². The molecule has 0 atom stereocenters. The highest BCUT2D eigenvalue weighted by atomic mass is 19.3. The molecule has 0 aliphatic carbocycles. The van der Waals surface area contributed by atoms with Crippen LogP contribution in [0.3, 0.4) is 0 Å². The van der Waals surface area contributed by atoms with E-state index in [2.05, 4.69) is 9.72 Å². The highest BCUT2D eigenvalue weighted by Crippen LogP contribution is 2.34. The van der Waals surface area contributed by atoms with Gasteiger partial charge in [-0.3, -0.25) is 14.3 Å². The average Bonchev–Trinajstić information content (AvgIpc) is 2.83. The molecule has 0 radical (unpaired) electrons. The molecular weight excluding hydrogens is 503 g/mol. The van der Waals surface area contributed by atoms with Crippen molar-refractivity contribution >= 4 is 5.82 Å². The Morgan fingerprint density at radius 2 is 1.84 bits per heavy atom. The number of pyridine rings is 1. The molecule has 2 aromatic heterocycles. The Balaban J connectivity index is 2.04. The highest BCUT2D eigenvalue weighted by Gasteiger charge is 2.36. The third-order valence-electron chi connectivity index (χ3n) is 5.62. The number of ether oxygens (including phenoxy) is 1. The number of nitrogens with zero attached hydrogens (tertiary/aromatic N) is 6. The van der Waals surface area contributed by atoms with Crippen LogP contribution < -0.4 is 16.1 Å². The largest absolute Gasteiger partial charge is 0.352 e. The van der Waals surface area contributed by atoms with Crippen LogP contribution >= 0.6 is 0 Å². The molecule has 190 valence electrons. The number of hydrogen-bond donors (Lipinski definition) is 0. The first kappa shape index (κ1) is 25.5. The van der Waals surface area contributed by atoms with Gasteiger partial charge in [0.1, 0.15) is 24.2 Å². The topological polar surface area (TPSA) is 117 Å². The van der Waals surface area contributed by atoms with Gasteiger partial charge in [-0.05, 0) is 23.8 Å². The fraction of sp³-hybridized carbons (Fsp3) is 0.261. The number of benzene rings is 1. The predicted molar refractivity (Wildman–Crippen MR) is 118 cm³/mol. The zero-order valence-electron chi connectivity index (χ0n) is 18.6. The summed E-state index contributed by atoms with van der Waals surface area (Å²) in [6.07, 6.45) is -1.92. The zero-order valence-corrected chi connectivity index (χ0v) is 18.6. The Bertz CT molecular complexity index is 1550. The fourth-order valence-electron chi connectivity index (χ4n) is 3.98. The van der Waals surface area contributed by atoms with Crippen LogP contribution in [0.1, 0.15) is 17.6 Å². The Labute approximate surface area is 204 Å². The highest BCUT2D eigenvalue weighted by molar-refractivity contribution is 5.77. The molecule has 0 unspecified atom stereocenters. The first-order valence-corrected chi connectivity index (χ1v) is 10.5. The molecule has 3 heterocycles. The van der Waals surface area contributed by atoms with Gasteiger partial charge in [0.05, 0.1) is 40.7 Å². The SMILES string of the molecule is N#CCn1c(N2CC(OC(F)F)C2)c(-c2ccc(F)c(C(F)F)c2)c(=O)n(-c2cncc(C#N)c2)c1=O. The second-order valence-electron chi connectivity index (χ2n) is 7.87. The predicted octanol–water partition coefficient (Wildman–Crippen LogP) is 2.96. The zero-order chi connectivity index (χ0) is 26.9. The molecule has 0 amide bonds. The van der Waals surface area contributed by atoms with E-state index in [0.29, 0.717) is 4.57 Å². The Morgan fingerprint density at radius 3 is 2.46 bits per heavy atom. The van der Waals surface area contributed by atoms with Crippen molar-refractivity contribution in [2.24, 2.45) is 0 Å². The molecule has 1 aliphatic heterocycles. The van der Waals surface area contributed by atoms with Crippen molar-refractivity contribution in [1.29, 1.82) is 10.5 Å². The molecule has 0 bridgehead atoms. The second-order valence-corrected chi connectivity index (χ2v) is 7.87. The summed E-state index contributed by atoms with van der Waals surface area (Å²) >= 11 is 0. The minimum atomic E-state index is -3.24. The van der Waals surface area contributed by atoms with Gasteiger partial charge >= 0.3 is 12.3 Å². The van der Waals surface area contributed by atoms with E-state index in [0.717, 1.165) is 29.0 Å². The molecule has 1 saturated heterocycles. The standard InChI is InChI=1S/C23H15F5N6O3/c24-17-2-1-13(6-16(17)19(25)26)18-20(32-10-15(11-32)37-22(27)28)33(4-3-29)23(36)34(21(18)35)14-5-12(7-30)8-31-9-14/h1-2,5-6,8-9,15,19,22H,4,10-11H2. The normalized spacial score (nSPS) is 13.5. The van der Waals surface area contributed by atoms with E-state index in [-0.39, 0.29) is 41.3 Å². The van der Waals surface area contributed by atoms with Crippen molar-refractivity contribution in [2.75, 3.05) is 18.0 Å². The van der Waals surface area contributed by atoms with Gasteiger partial charge < -0.3 is 9.64 Å². The van der Waals surface area contributed by atoms with Crippen LogP contribution in [0, 0.1) is 28.5 Å². The maximum Gasteiger partial charge on any atom is 0.345 e. The number of hydrogen-bond acceptors (Lipinski definition) is 7. The van der Waals surface area contributed by atoms with Crippen LogP contribution in [0.25, 0.3) is 16.8 Å². The van der Waals surface area contributed by atoms with Crippen molar-refractivity contribution in [3.05, 3.63) is 74.4 Å². The van der Waals surface area contributed by atoms with Crippen LogP contribution in [0.15, 0.2) is 46.2 Å². The molecule has 0 saturated carbocycles. The summed E-state index contributed by atoms with van der Waals surface area (Å²) < 4.78 is 72.1. The third-order valence-corrected chi connectivity index (χ3v) is 5.62. The van der Waals surface area contributed by atoms with Gasteiger partial charge in [0, 0.05) is 19.3 Å². The number of halogens is 5. The summed E-state index contributed by atoms with van der Waals surface area (Å²) in [7, 11) is 0. The number of rotatable bonds is 7. The van der Waals surface area contributed by atoms with E-state index in [4.69, 9.17) is 0 Å². The molecule has 3 aromatic rings. The Kier molecular flexibility index (Phi) is 7.04. The molecule has 1 aromatic carbocycles. The molecule has 0 N–H and O–H groups in total. The van der Waals surface area contributed by atoms with Crippen molar-refractivity contribution in [2.45, 2.75) is 25.7 Å². The van der Waals surface area contributed by atoms with Crippen LogP contribution in [-0.4, -0.2) is 39.9 Å². The van der Waals surface area contributed by atoms with Gasteiger partial charge in [0.2, 0.25) is 0 Å². The Morgan fingerprint density at radius 1 is 1.11 bits per heavy atom. The lowest BCUT2D eigenvalue weighted by Crippen LogP contribution is -2.56. The van der Waals surface area contributed by atoms with Gasteiger partial charge in [0.15, 0.2) is 0 Å². The first-order chi connectivity index (χ1) is 17.7. The van der Waals surface area contributed by atoms with E-state index in [1.54, 1.807) is 6.07 Å². The van der Waals surface area contributed by atoms with E-state index in [9.17, 15) is 42.1 Å². The van der Waals surface area contributed by atoms with Gasteiger partial charge in [-0.15, -0.1) is 0 Å². The maximum absolute atomic E-state index is 14.0. The Hall–Kier alpha value is -4.56. The number of alkyl halides is 4. The van der Waals surface area contributed by atoms with E-state index >= 15 is 0 Å². The summed E-state index contributed by atoms with van der Waals surface area (Å²) in [5.74, 6) is -1.44. The molecule has 0 spiro atoms. The second kappa shape index (κ2) is 10.2. The van der Waals surface area contributed by atoms with Crippen LogP contribution in [-0.2, 0) is 11.3 Å². The minimum absolute atomic E-state index is 0.00207. The molecule has 1 aliphatic rings. The lowest BCUT2D eigenvalue weighted by atomic mass is 10.0. The summed E-state index contributed by atoms with van der Waals surface area (Å²) in [6.45, 7) is -4.11. The van der Waals surface area contributed by atoms with Gasteiger partial charge in [-0.25, -0.2) is 22.5 Å². The summed E-state index contributed by atoms with van der Waals surface area (Å²) in [4.78, 5) is 32.3. The van der Waals surface area contributed by atoms with Gasteiger partial charge in [-0.2, -0.15) is 19.3 Å². The van der Waals surface area contributed by atoms with E-state index < -0.39 is 48.3 Å². The summed E-state index contributed by atoms with van der Waals surface area (Å²) in [5, 5.41) is 18.6. The number of anilines is 1. The van der Waals surface area contributed by atoms with E-state index in [1.807, 2.05) is 6.07 Å². The molecule has 1 fully saturated rings. The average molecular weight is 518 g/mol. The monoisotopic (exact) mass is 518 g/mol. The van der Waals surface area contributed by atoms with Crippen LogP contribution in [0.4, 0.5) is 27.8 Å². The van der Waals surface area contributed by atoms with Crippen molar-refractivity contribution < 1.29 is 26.7 Å². The van der Waals surface area contributed by atoms with Crippen LogP contribution in [0.2, 0.25) is 0 Å². The smallest absolute Gasteiger partial charge is 0.345 e. The lowest BCUT2D eigenvalue weighted by molar-refractivity contribution is -0.167. The first-order valence-electron chi connectivity index (χ1n) is 10.5. The lowest BCUT2D eigenvalue weighted by Gasteiger charge is -2.41. The van der Waals surface area contributed by atoms with E-state index in [1.165, 1.54) is 17.2 Å². The third kappa shape index (κ3) is 4.79. The van der Waals surface area contributed by atoms with Crippen molar-refractivity contribution in [3.63, 3.8) is 0 Å². The van der Waals surface area contributed by atoms with Crippen molar-refractivity contribution in [3.8, 4) is 29.0 Å². The molecular formula is C23H15F5N6O3. The van der Waals surface area contributed by atoms with Crippen molar-refractivity contribution in [1.82, 2.24) is 14.1 Å². The molecule has 37 heavy (non-hydrogen) atoms. The quantitative estimate of drug-likeness (QED) is 0.442. The maximum atomic E-state index is 14.0. The number of nitriles is 2.